The smallest absolute Gasteiger partial charge is 0.462 e. The van der Waals surface area contributed by atoms with Crippen LogP contribution in [-0.4, -0.2) is 66.5 Å². The van der Waals surface area contributed by atoms with Gasteiger partial charge in [0.05, 0.1) is 26.2 Å². The van der Waals surface area contributed by atoms with Crippen LogP contribution in [0.15, 0.2) is 146 Å². The molecule has 0 spiro atoms. The molecule has 0 saturated carbocycles. The SMILES string of the molecule is CC/C=C\C/C=C\C/C=C\C/C=C\C/C=C\C/C=C\CCC(=O)OC(COC(=O)CCCCCCCCC/C=C\CCCCCCCC)COP(=O)(O)OCC(CO)OC(=O)C/C=C\C/C=C\C/C=C\C/C=C\C/C=C\CC. The van der Waals surface area contributed by atoms with Crippen LogP contribution in [0.25, 0.3) is 0 Å². The summed E-state index contributed by atoms with van der Waals surface area (Å²) in [5.74, 6) is -1.72. The minimum atomic E-state index is -4.81. The van der Waals surface area contributed by atoms with Crippen LogP contribution in [-0.2, 0) is 42.2 Å². The van der Waals surface area contributed by atoms with E-state index >= 15 is 0 Å². The number of carbonyl (C=O) groups is 3. The zero-order valence-electron chi connectivity index (χ0n) is 48.6. The van der Waals surface area contributed by atoms with Crippen LogP contribution in [0, 0.1) is 0 Å². The standard InChI is InChI=1S/C66H105O11P/c1-4-7-10-13-16-19-22-25-28-30-31-33-36-39-42-45-48-51-54-57-66(70)77-63(59-73-64(68)55-52-49-46-43-40-37-35-32-29-26-23-20-17-14-11-8-5-2)61-75-78(71,72)74-60-62(58-67)76-65(69)56-53-50-47-44-41-38-34-27-24-21-18-15-12-9-6-3/h7,9-10,12,16,18-19,21,25-29,31,33-34,39,41-42,44,48,50-51,53,62-63,67H,4-6,8,11,13-15,17,20,22-24,30,32,35-38,40,43,45-47,49,52,54-61H2,1-3H3,(H,71,72)/b10-7-,12-9-,19-16-,21-18-,28-25-,29-26-,33-31-,34-27-,42-39-,44-41-,51-48-,53-50-. The topological polar surface area (TPSA) is 155 Å². The highest BCUT2D eigenvalue weighted by atomic mass is 31.2. The Kier molecular flexibility index (Phi) is 55.0. The average Bonchev–Trinajstić information content (AvgIpc) is 3.43. The molecule has 0 saturated heterocycles. The van der Waals surface area contributed by atoms with Gasteiger partial charge in [0, 0.05) is 12.8 Å². The maximum Gasteiger partial charge on any atom is 0.472 e. The van der Waals surface area contributed by atoms with Crippen LogP contribution >= 0.6 is 7.82 Å². The molecule has 11 nitrogen and oxygen atoms in total. The summed E-state index contributed by atoms with van der Waals surface area (Å²) in [6, 6.07) is 0. The van der Waals surface area contributed by atoms with Gasteiger partial charge in [0.15, 0.2) is 6.10 Å². The van der Waals surface area contributed by atoms with Gasteiger partial charge in [0.2, 0.25) is 0 Å². The van der Waals surface area contributed by atoms with Gasteiger partial charge < -0.3 is 24.2 Å². The highest BCUT2D eigenvalue weighted by Gasteiger charge is 2.28. The third-order valence-electron chi connectivity index (χ3n) is 11.8. The fourth-order valence-corrected chi connectivity index (χ4v) is 8.12. The van der Waals surface area contributed by atoms with Crippen molar-refractivity contribution >= 4 is 25.7 Å². The van der Waals surface area contributed by atoms with Crippen LogP contribution in [0.1, 0.15) is 213 Å². The summed E-state index contributed by atoms with van der Waals surface area (Å²) in [5.41, 5.74) is 0. The molecule has 78 heavy (non-hydrogen) atoms. The first-order valence-corrected chi connectivity index (χ1v) is 31.2. The van der Waals surface area contributed by atoms with E-state index in [0.29, 0.717) is 25.7 Å². The second kappa shape index (κ2) is 58.5. The van der Waals surface area contributed by atoms with Crippen molar-refractivity contribution in [3.05, 3.63) is 146 Å². The zero-order chi connectivity index (χ0) is 56.9. The van der Waals surface area contributed by atoms with Gasteiger partial charge in [-0.1, -0.05) is 231 Å². The molecule has 3 atom stereocenters. The predicted molar refractivity (Wildman–Crippen MR) is 325 cm³/mol. The summed E-state index contributed by atoms with van der Waals surface area (Å²) < 4.78 is 39.3. The summed E-state index contributed by atoms with van der Waals surface area (Å²) >= 11 is 0. The molecule has 0 fully saturated rings. The van der Waals surface area contributed by atoms with Crippen molar-refractivity contribution < 1.29 is 52.2 Å². The molecule has 0 aromatic carbocycles. The van der Waals surface area contributed by atoms with Gasteiger partial charge in [0.1, 0.15) is 12.7 Å². The van der Waals surface area contributed by atoms with Gasteiger partial charge in [-0.3, -0.25) is 23.4 Å². The molecule has 0 amide bonds. The van der Waals surface area contributed by atoms with E-state index in [4.69, 9.17) is 23.3 Å². The first-order chi connectivity index (χ1) is 38.2. The van der Waals surface area contributed by atoms with E-state index in [-0.39, 0.29) is 25.9 Å². The molecule has 0 rings (SSSR count). The van der Waals surface area contributed by atoms with E-state index < -0.39 is 57.8 Å². The van der Waals surface area contributed by atoms with Gasteiger partial charge in [-0.25, -0.2) is 4.57 Å². The number of rotatable bonds is 53. The maximum absolute atomic E-state index is 12.9. The second-order valence-corrected chi connectivity index (χ2v) is 20.5. The molecule has 0 aliphatic carbocycles. The van der Waals surface area contributed by atoms with Crippen LogP contribution in [0.3, 0.4) is 0 Å². The number of unbranched alkanes of at least 4 members (excludes halogenated alkanes) is 13. The van der Waals surface area contributed by atoms with E-state index in [1.165, 1.54) is 64.2 Å². The lowest BCUT2D eigenvalue weighted by molar-refractivity contribution is -0.161. The van der Waals surface area contributed by atoms with Gasteiger partial charge in [-0.2, -0.15) is 0 Å². The molecule has 0 radical (unpaired) electrons. The number of aliphatic hydroxyl groups excluding tert-OH is 1. The van der Waals surface area contributed by atoms with Crippen LogP contribution in [0.2, 0.25) is 0 Å². The number of carbonyl (C=O) groups excluding carboxylic acids is 3. The largest absolute Gasteiger partial charge is 0.472 e. The second-order valence-electron chi connectivity index (χ2n) is 19.1. The average molecular weight is 1110 g/mol. The lowest BCUT2D eigenvalue weighted by Gasteiger charge is -2.21. The Morgan fingerprint density at radius 3 is 1.18 bits per heavy atom. The van der Waals surface area contributed by atoms with Gasteiger partial charge in [-0.15, -0.1) is 0 Å². The number of hydrogen-bond acceptors (Lipinski definition) is 10. The van der Waals surface area contributed by atoms with E-state index in [2.05, 4.69) is 130 Å². The Morgan fingerprint density at radius 1 is 0.385 bits per heavy atom. The summed E-state index contributed by atoms with van der Waals surface area (Å²) in [6.07, 6.45) is 75.6. The molecule has 0 aliphatic heterocycles. The van der Waals surface area contributed by atoms with Crippen molar-refractivity contribution in [1.29, 1.82) is 0 Å². The Hall–Kier alpha value is -4.64. The number of ether oxygens (including phenoxy) is 3. The molecule has 440 valence electrons. The molecule has 3 unspecified atom stereocenters. The van der Waals surface area contributed by atoms with Crippen LogP contribution in [0.4, 0.5) is 0 Å². The van der Waals surface area contributed by atoms with Crippen molar-refractivity contribution in [2.75, 3.05) is 26.4 Å². The normalized spacial score (nSPS) is 14.4. The quantitative estimate of drug-likeness (QED) is 0.0197. The number of aliphatic hydroxyl groups is 1. The number of allylic oxidation sites excluding steroid dienone is 23. The molecule has 0 aromatic rings. The third kappa shape index (κ3) is 56.1. The van der Waals surface area contributed by atoms with Crippen molar-refractivity contribution in [2.24, 2.45) is 0 Å². The summed E-state index contributed by atoms with van der Waals surface area (Å²) in [6.45, 7) is 4.20. The highest BCUT2D eigenvalue weighted by Crippen LogP contribution is 2.43. The molecule has 12 heteroatoms. The van der Waals surface area contributed by atoms with Crippen LogP contribution in [0.5, 0.6) is 0 Å². The van der Waals surface area contributed by atoms with Crippen molar-refractivity contribution in [2.45, 2.75) is 226 Å². The zero-order valence-corrected chi connectivity index (χ0v) is 49.5. The van der Waals surface area contributed by atoms with E-state index in [1.54, 1.807) is 6.08 Å². The Morgan fingerprint density at radius 2 is 0.744 bits per heavy atom. The van der Waals surface area contributed by atoms with Crippen molar-refractivity contribution in [3.8, 4) is 0 Å². The van der Waals surface area contributed by atoms with E-state index in [0.717, 1.165) is 83.5 Å². The lowest BCUT2D eigenvalue weighted by Crippen LogP contribution is -2.30. The number of hydrogen-bond donors (Lipinski definition) is 2. The molecule has 0 heterocycles. The summed E-state index contributed by atoms with van der Waals surface area (Å²) in [4.78, 5) is 48.5. The Labute approximate surface area is 473 Å². The third-order valence-corrected chi connectivity index (χ3v) is 12.7. The highest BCUT2D eigenvalue weighted by molar-refractivity contribution is 7.47. The lowest BCUT2D eigenvalue weighted by atomic mass is 10.1. The van der Waals surface area contributed by atoms with Gasteiger partial charge >= 0.3 is 25.7 Å². The molecule has 0 bridgehead atoms. The maximum atomic E-state index is 12.9. The minimum absolute atomic E-state index is 0.0268. The van der Waals surface area contributed by atoms with Crippen LogP contribution < -0.4 is 0 Å². The molecular weight excluding hydrogens is 1000 g/mol. The summed E-state index contributed by atoms with van der Waals surface area (Å²) in [7, 11) is -4.81. The van der Waals surface area contributed by atoms with Crippen molar-refractivity contribution in [3.63, 3.8) is 0 Å². The molecular formula is C66H105O11P. The monoisotopic (exact) mass is 1100 g/mol. The number of esters is 3. The molecule has 0 aromatic heterocycles. The summed E-state index contributed by atoms with van der Waals surface area (Å²) in [5, 5.41) is 9.80. The predicted octanol–water partition coefficient (Wildman–Crippen LogP) is 17.9. The first-order valence-electron chi connectivity index (χ1n) is 29.7. The number of phosphoric acid groups is 1. The number of phosphoric ester groups is 1. The Bertz CT molecular complexity index is 1860. The molecule has 2 N–H and O–H groups in total. The fourth-order valence-electron chi connectivity index (χ4n) is 7.33. The van der Waals surface area contributed by atoms with E-state index in [9.17, 15) is 28.9 Å². The van der Waals surface area contributed by atoms with E-state index in [1.807, 2.05) is 30.4 Å². The van der Waals surface area contributed by atoms with Gasteiger partial charge in [-0.05, 0) is 109 Å². The first kappa shape index (κ1) is 73.4. The Balaban J connectivity index is 4.94. The van der Waals surface area contributed by atoms with Crippen molar-refractivity contribution in [1.82, 2.24) is 0 Å². The fraction of sp³-hybridized carbons (Fsp3) is 0.591. The van der Waals surface area contributed by atoms with Gasteiger partial charge in [0.25, 0.3) is 0 Å². The minimum Gasteiger partial charge on any atom is -0.462 e. The molecule has 0 aliphatic rings.